The number of pyridine rings is 1. The Morgan fingerprint density at radius 1 is 1.00 bits per heavy atom. The summed E-state index contributed by atoms with van der Waals surface area (Å²) >= 11 is 0. The molecule has 8 nitrogen and oxygen atoms in total. The average Bonchev–Trinajstić information content (AvgIpc) is 3.78. The number of hydrogen-bond donors (Lipinski definition) is 0. The summed E-state index contributed by atoms with van der Waals surface area (Å²) < 4.78 is 5.69. The predicted molar refractivity (Wildman–Crippen MR) is 128 cm³/mol. The van der Waals surface area contributed by atoms with Gasteiger partial charge in [-0.2, -0.15) is 0 Å². The molecule has 34 heavy (non-hydrogen) atoms. The van der Waals surface area contributed by atoms with Gasteiger partial charge >= 0.3 is 0 Å². The maximum Gasteiger partial charge on any atom is 0.267 e. The summed E-state index contributed by atoms with van der Waals surface area (Å²) in [5.74, 6) is 1.94. The number of rotatable bonds is 5. The van der Waals surface area contributed by atoms with Crippen LogP contribution in [0.3, 0.4) is 0 Å². The summed E-state index contributed by atoms with van der Waals surface area (Å²) in [6.45, 7) is 2.03. The normalized spacial score (nSPS) is 15.8. The summed E-state index contributed by atoms with van der Waals surface area (Å²) in [7, 11) is 0. The Morgan fingerprint density at radius 3 is 2.71 bits per heavy atom. The molecule has 0 spiro atoms. The Labute approximate surface area is 195 Å². The molecule has 2 aliphatic rings. The van der Waals surface area contributed by atoms with Gasteiger partial charge in [0.15, 0.2) is 5.82 Å². The predicted octanol–water partition coefficient (Wildman–Crippen LogP) is 4.35. The largest absolute Gasteiger partial charge is 0.327 e. The van der Waals surface area contributed by atoms with E-state index in [0.29, 0.717) is 28.7 Å². The molecule has 2 saturated carbocycles. The minimum atomic E-state index is -0.149. The van der Waals surface area contributed by atoms with Crippen LogP contribution in [0.15, 0.2) is 66.4 Å². The summed E-state index contributed by atoms with van der Waals surface area (Å²) in [6, 6.07) is 10.0. The lowest BCUT2D eigenvalue weighted by Crippen LogP contribution is -2.20. The summed E-state index contributed by atoms with van der Waals surface area (Å²) in [6.07, 6.45) is 14.0. The fourth-order valence-corrected chi connectivity index (χ4v) is 4.60. The van der Waals surface area contributed by atoms with E-state index in [2.05, 4.69) is 25.7 Å². The smallest absolute Gasteiger partial charge is 0.267 e. The minimum Gasteiger partial charge on any atom is -0.327 e. The van der Waals surface area contributed by atoms with Crippen molar-refractivity contribution < 1.29 is 0 Å². The standard InChI is InChI=1S/C26H23N7O/c1-16-11-21-19(12-23(16)31-13-22(28-14-31)17-5-6-17)26(34)33(15-29-21)24-4-2-3-20(30-24)25-27-9-10-32(25)18-7-8-18/h2-4,9-15,17-18H,5-8H2,1H3. The highest BCUT2D eigenvalue weighted by Gasteiger charge is 2.27. The highest BCUT2D eigenvalue weighted by molar-refractivity contribution is 5.81. The van der Waals surface area contributed by atoms with E-state index >= 15 is 0 Å². The van der Waals surface area contributed by atoms with Gasteiger partial charge in [-0.25, -0.2) is 19.9 Å². The fraction of sp³-hybridized carbons (Fsp3) is 0.269. The van der Waals surface area contributed by atoms with Gasteiger partial charge in [-0.15, -0.1) is 0 Å². The van der Waals surface area contributed by atoms with Gasteiger partial charge in [-0.3, -0.25) is 9.36 Å². The molecule has 8 heteroatoms. The molecule has 0 radical (unpaired) electrons. The second-order valence-electron chi connectivity index (χ2n) is 9.33. The first-order chi connectivity index (χ1) is 16.7. The van der Waals surface area contributed by atoms with Crippen LogP contribution in [0.5, 0.6) is 0 Å². The lowest BCUT2D eigenvalue weighted by Gasteiger charge is -2.11. The van der Waals surface area contributed by atoms with E-state index in [1.54, 1.807) is 12.5 Å². The van der Waals surface area contributed by atoms with E-state index in [0.717, 1.165) is 41.3 Å². The Balaban J connectivity index is 1.33. The van der Waals surface area contributed by atoms with Crippen LogP contribution in [-0.4, -0.2) is 33.6 Å². The number of fused-ring (bicyclic) bond motifs is 1. The van der Waals surface area contributed by atoms with E-state index in [9.17, 15) is 4.79 Å². The second-order valence-corrected chi connectivity index (χ2v) is 9.33. The van der Waals surface area contributed by atoms with Gasteiger partial charge < -0.3 is 9.13 Å². The molecule has 4 heterocycles. The minimum absolute atomic E-state index is 0.149. The van der Waals surface area contributed by atoms with Gasteiger partial charge in [0.25, 0.3) is 5.56 Å². The third kappa shape index (κ3) is 3.17. The first-order valence-corrected chi connectivity index (χ1v) is 11.7. The number of aromatic nitrogens is 7. The number of nitrogens with zero attached hydrogens (tertiary/aromatic N) is 7. The molecule has 7 rings (SSSR count). The Bertz CT molecular complexity index is 1620. The van der Waals surface area contributed by atoms with Crippen LogP contribution in [0.2, 0.25) is 0 Å². The number of imidazole rings is 2. The molecule has 0 amide bonds. The van der Waals surface area contributed by atoms with E-state index in [-0.39, 0.29) is 5.56 Å². The third-order valence-corrected chi connectivity index (χ3v) is 6.77. The monoisotopic (exact) mass is 449 g/mol. The Kier molecular flexibility index (Phi) is 4.12. The van der Waals surface area contributed by atoms with Crippen LogP contribution in [-0.2, 0) is 0 Å². The molecule has 0 unspecified atom stereocenters. The first kappa shape index (κ1) is 19.4. The van der Waals surface area contributed by atoms with Crippen molar-refractivity contribution in [2.24, 2.45) is 0 Å². The van der Waals surface area contributed by atoms with Crippen LogP contribution >= 0.6 is 0 Å². The Hall–Kier alpha value is -4.07. The summed E-state index contributed by atoms with van der Waals surface area (Å²) in [4.78, 5) is 32.0. The molecule has 0 bridgehead atoms. The molecular formula is C26H23N7O. The van der Waals surface area contributed by atoms with Crippen LogP contribution < -0.4 is 5.56 Å². The van der Waals surface area contributed by atoms with Crippen molar-refractivity contribution in [3.05, 3.63) is 83.2 Å². The summed E-state index contributed by atoms with van der Waals surface area (Å²) in [5.41, 5.74) is 4.38. The molecule has 0 N–H and O–H groups in total. The maximum atomic E-state index is 13.6. The van der Waals surface area contributed by atoms with Crippen LogP contribution in [0, 0.1) is 6.92 Å². The fourth-order valence-electron chi connectivity index (χ4n) is 4.60. The number of benzene rings is 1. The van der Waals surface area contributed by atoms with Crippen molar-refractivity contribution in [1.29, 1.82) is 0 Å². The molecule has 4 aromatic heterocycles. The van der Waals surface area contributed by atoms with E-state index in [4.69, 9.17) is 4.98 Å². The van der Waals surface area contributed by atoms with Gasteiger partial charge in [0.05, 0.1) is 28.6 Å². The lowest BCUT2D eigenvalue weighted by molar-refractivity contribution is 0.746. The maximum absolute atomic E-state index is 13.6. The highest BCUT2D eigenvalue weighted by atomic mass is 16.1. The second kappa shape index (κ2) is 7.21. The van der Waals surface area contributed by atoms with Crippen molar-refractivity contribution in [2.75, 3.05) is 0 Å². The lowest BCUT2D eigenvalue weighted by atomic mass is 10.1. The van der Waals surface area contributed by atoms with E-state index in [1.165, 1.54) is 17.4 Å². The molecule has 0 atom stereocenters. The van der Waals surface area contributed by atoms with Crippen molar-refractivity contribution >= 4 is 10.9 Å². The molecule has 168 valence electrons. The van der Waals surface area contributed by atoms with Gasteiger partial charge in [0, 0.05) is 30.6 Å². The van der Waals surface area contributed by atoms with E-state index < -0.39 is 0 Å². The van der Waals surface area contributed by atoms with Gasteiger partial charge in [-0.1, -0.05) is 6.07 Å². The molecule has 5 aromatic rings. The van der Waals surface area contributed by atoms with Crippen LogP contribution in [0.1, 0.15) is 48.9 Å². The highest BCUT2D eigenvalue weighted by Crippen LogP contribution is 2.39. The quantitative estimate of drug-likeness (QED) is 0.398. The zero-order valence-corrected chi connectivity index (χ0v) is 18.8. The topological polar surface area (TPSA) is 83.4 Å². The molecule has 0 aliphatic heterocycles. The average molecular weight is 450 g/mol. The molecule has 0 saturated heterocycles. The number of aryl methyl sites for hydroxylation is 1. The molecular weight excluding hydrogens is 426 g/mol. The molecule has 1 aromatic carbocycles. The third-order valence-electron chi connectivity index (χ3n) is 6.77. The zero-order valence-electron chi connectivity index (χ0n) is 18.8. The van der Waals surface area contributed by atoms with Crippen LogP contribution in [0.4, 0.5) is 0 Å². The molecule has 2 fully saturated rings. The zero-order chi connectivity index (χ0) is 22.8. The van der Waals surface area contributed by atoms with E-state index in [1.807, 2.05) is 54.3 Å². The van der Waals surface area contributed by atoms with Gasteiger partial charge in [0.1, 0.15) is 17.8 Å². The SMILES string of the molecule is Cc1cc2ncn(-c3cccc(-c4nccn4C4CC4)n3)c(=O)c2cc1-n1cnc(C2CC2)c1. The number of hydrogen-bond acceptors (Lipinski definition) is 5. The van der Waals surface area contributed by atoms with Crippen LogP contribution in [0.25, 0.3) is 33.9 Å². The van der Waals surface area contributed by atoms with Crippen molar-refractivity contribution in [3.8, 4) is 23.0 Å². The molecule has 2 aliphatic carbocycles. The van der Waals surface area contributed by atoms with Crippen molar-refractivity contribution in [3.63, 3.8) is 0 Å². The van der Waals surface area contributed by atoms with Gasteiger partial charge in [0.2, 0.25) is 0 Å². The summed E-state index contributed by atoms with van der Waals surface area (Å²) in [5, 5.41) is 0.552. The van der Waals surface area contributed by atoms with Gasteiger partial charge in [-0.05, 0) is 62.4 Å². The Morgan fingerprint density at radius 2 is 1.88 bits per heavy atom. The van der Waals surface area contributed by atoms with Crippen molar-refractivity contribution in [2.45, 2.75) is 44.6 Å². The van der Waals surface area contributed by atoms with Crippen molar-refractivity contribution in [1.82, 2.24) is 33.6 Å². The first-order valence-electron chi connectivity index (χ1n) is 11.7.